The Morgan fingerprint density at radius 2 is 2.35 bits per heavy atom. The molecule has 1 saturated heterocycles. The van der Waals surface area contributed by atoms with E-state index in [1.165, 1.54) is 22.5 Å². The molecule has 5 heteroatoms. The van der Waals surface area contributed by atoms with Gasteiger partial charge in [0, 0.05) is 10.1 Å². The molecule has 0 spiro atoms. The van der Waals surface area contributed by atoms with Crippen LogP contribution in [-0.4, -0.2) is 24.1 Å². The first-order valence-electron chi connectivity index (χ1n) is 5.38. The average molecular weight is 251 g/mol. The van der Waals surface area contributed by atoms with Crippen molar-refractivity contribution in [2.45, 2.75) is 6.42 Å². The molecule has 0 saturated carbocycles. The summed E-state index contributed by atoms with van der Waals surface area (Å²) >= 11 is 1.30. The predicted octanol–water partition coefficient (Wildman–Crippen LogP) is 2.82. The van der Waals surface area contributed by atoms with Crippen molar-refractivity contribution in [2.75, 3.05) is 13.2 Å². The molecule has 1 amide bonds. The molecule has 1 aromatic carbocycles. The van der Waals surface area contributed by atoms with Gasteiger partial charge in [-0.05, 0) is 24.6 Å². The molecule has 1 fully saturated rings. The quantitative estimate of drug-likeness (QED) is 0.780. The van der Waals surface area contributed by atoms with Gasteiger partial charge in [-0.25, -0.2) is 9.45 Å². The van der Waals surface area contributed by atoms with Crippen molar-refractivity contribution in [1.29, 1.82) is 0 Å². The number of thiophene rings is 1. The highest BCUT2D eigenvalue weighted by atomic mass is 32.1. The van der Waals surface area contributed by atoms with Crippen LogP contribution in [0.4, 0.5) is 4.39 Å². The summed E-state index contributed by atoms with van der Waals surface area (Å²) in [6.45, 7) is 1.18. The zero-order valence-electron chi connectivity index (χ0n) is 8.98. The second-order valence-electron chi connectivity index (χ2n) is 3.86. The Hall–Kier alpha value is -1.46. The summed E-state index contributed by atoms with van der Waals surface area (Å²) < 4.78 is 14.3. The van der Waals surface area contributed by atoms with Gasteiger partial charge in [0.05, 0.1) is 18.0 Å². The third kappa shape index (κ3) is 1.81. The molecule has 0 atom stereocenters. The van der Waals surface area contributed by atoms with Crippen molar-refractivity contribution >= 4 is 27.3 Å². The molecule has 17 heavy (non-hydrogen) atoms. The second kappa shape index (κ2) is 4.09. The number of carbonyl (C=O) groups is 1. The van der Waals surface area contributed by atoms with Gasteiger partial charge < -0.3 is 0 Å². The number of rotatable bonds is 1. The fourth-order valence-corrected chi connectivity index (χ4v) is 2.88. The van der Waals surface area contributed by atoms with E-state index in [0.717, 1.165) is 11.1 Å². The van der Waals surface area contributed by atoms with Gasteiger partial charge in [-0.3, -0.25) is 9.63 Å². The number of hydrogen-bond donors (Lipinski definition) is 0. The van der Waals surface area contributed by atoms with Gasteiger partial charge in [-0.2, -0.15) is 0 Å². The van der Waals surface area contributed by atoms with Gasteiger partial charge in [0.15, 0.2) is 0 Å². The van der Waals surface area contributed by atoms with E-state index in [1.807, 2.05) is 6.07 Å². The molecule has 0 N–H and O–H groups in total. The lowest BCUT2D eigenvalue weighted by Gasteiger charge is -2.11. The number of hydroxylamine groups is 2. The van der Waals surface area contributed by atoms with E-state index in [2.05, 4.69) is 0 Å². The summed E-state index contributed by atoms with van der Waals surface area (Å²) in [6.07, 6.45) is 0.852. The van der Waals surface area contributed by atoms with Gasteiger partial charge in [-0.15, -0.1) is 11.3 Å². The van der Waals surface area contributed by atoms with Crippen molar-refractivity contribution in [1.82, 2.24) is 5.06 Å². The highest BCUT2D eigenvalue weighted by Crippen LogP contribution is 2.29. The Kier molecular flexibility index (Phi) is 2.57. The van der Waals surface area contributed by atoms with E-state index in [1.54, 1.807) is 12.1 Å². The minimum atomic E-state index is -0.292. The van der Waals surface area contributed by atoms with E-state index < -0.39 is 0 Å². The largest absolute Gasteiger partial charge is 0.287 e. The molecule has 1 aliphatic heterocycles. The molecule has 0 aliphatic carbocycles. The van der Waals surface area contributed by atoms with E-state index >= 15 is 0 Å². The predicted molar refractivity (Wildman–Crippen MR) is 63.4 cm³/mol. The Balaban J connectivity index is 2.00. The zero-order valence-corrected chi connectivity index (χ0v) is 9.80. The Labute approximate surface area is 101 Å². The first-order valence-corrected chi connectivity index (χ1v) is 6.20. The lowest BCUT2D eigenvalue weighted by atomic mass is 10.2. The fraction of sp³-hybridized carbons (Fsp3) is 0.250. The molecule has 3 nitrogen and oxygen atoms in total. The molecule has 1 aromatic heterocycles. The smallest absolute Gasteiger partial charge is 0.271 e. The van der Waals surface area contributed by atoms with Crippen LogP contribution < -0.4 is 0 Å². The van der Waals surface area contributed by atoms with E-state index in [9.17, 15) is 9.18 Å². The van der Waals surface area contributed by atoms with E-state index in [4.69, 9.17) is 4.84 Å². The van der Waals surface area contributed by atoms with Crippen molar-refractivity contribution in [3.05, 3.63) is 35.0 Å². The summed E-state index contributed by atoms with van der Waals surface area (Å²) in [4.78, 5) is 17.7. The van der Waals surface area contributed by atoms with E-state index in [-0.39, 0.29) is 11.7 Å². The van der Waals surface area contributed by atoms with Crippen LogP contribution in [0.1, 0.15) is 16.1 Å². The maximum atomic E-state index is 13.5. The number of hydrogen-bond acceptors (Lipinski definition) is 3. The fourth-order valence-electron chi connectivity index (χ4n) is 1.86. The van der Waals surface area contributed by atoms with Gasteiger partial charge in [-0.1, -0.05) is 6.07 Å². The van der Waals surface area contributed by atoms with Gasteiger partial charge >= 0.3 is 0 Å². The van der Waals surface area contributed by atoms with Crippen LogP contribution in [0.5, 0.6) is 0 Å². The van der Waals surface area contributed by atoms with Crippen molar-refractivity contribution in [2.24, 2.45) is 0 Å². The molecular formula is C12H10FNO2S. The monoisotopic (exact) mass is 251 g/mol. The molecule has 2 heterocycles. The molecule has 2 aromatic rings. The van der Waals surface area contributed by atoms with Crippen molar-refractivity contribution < 1.29 is 14.0 Å². The average Bonchev–Trinajstić information content (AvgIpc) is 2.98. The van der Waals surface area contributed by atoms with Crippen LogP contribution >= 0.6 is 11.3 Å². The van der Waals surface area contributed by atoms with Crippen LogP contribution in [0.15, 0.2) is 24.3 Å². The lowest BCUT2D eigenvalue weighted by Crippen LogP contribution is -2.25. The third-order valence-corrected chi connectivity index (χ3v) is 3.79. The van der Waals surface area contributed by atoms with Gasteiger partial charge in [0.25, 0.3) is 5.91 Å². The van der Waals surface area contributed by atoms with Crippen molar-refractivity contribution in [3.63, 3.8) is 0 Å². The summed E-state index contributed by atoms with van der Waals surface area (Å²) in [7, 11) is 0. The number of nitrogens with zero attached hydrogens (tertiary/aromatic N) is 1. The number of fused-ring (bicyclic) bond motifs is 1. The highest BCUT2D eigenvalue weighted by Gasteiger charge is 2.23. The summed E-state index contributed by atoms with van der Waals surface area (Å²) in [5.74, 6) is -0.469. The Morgan fingerprint density at radius 3 is 3.06 bits per heavy atom. The number of amides is 1. The van der Waals surface area contributed by atoms with Crippen LogP contribution in [0.25, 0.3) is 10.1 Å². The minimum Gasteiger partial charge on any atom is -0.271 e. The topological polar surface area (TPSA) is 29.5 Å². The molecule has 1 aliphatic rings. The first-order chi connectivity index (χ1) is 8.25. The maximum Gasteiger partial charge on any atom is 0.287 e. The number of benzene rings is 1. The maximum absolute atomic E-state index is 13.5. The van der Waals surface area contributed by atoms with Crippen LogP contribution in [0, 0.1) is 5.82 Å². The van der Waals surface area contributed by atoms with Gasteiger partial charge in [0.1, 0.15) is 5.82 Å². The Bertz CT molecular complexity index is 575. The molecule has 3 rings (SSSR count). The molecule has 0 radical (unpaired) electrons. The van der Waals surface area contributed by atoms with Crippen LogP contribution in [-0.2, 0) is 4.84 Å². The first kappa shape index (κ1) is 10.7. The highest BCUT2D eigenvalue weighted by molar-refractivity contribution is 7.20. The van der Waals surface area contributed by atoms with E-state index in [0.29, 0.717) is 23.4 Å². The number of halogens is 1. The summed E-state index contributed by atoms with van der Waals surface area (Å²) in [5.41, 5.74) is 0. The lowest BCUT2D eigenvalue weighted by molar-refractivity contribution is -0.0765. The van der Waals surface area contributed by atoms with Crippen LogP contribution in [0.3, 0.4) is 0 Å². The molecule has 0 unspecified atom stereocenters. The number of carbonyl (C=O) groups excluding carboxylic acids is 1. The minimum absolute atomic E-state index is 0.178. The summed E-state index contributed by atoms with van der Waals surface area (Å²) in [5, 5.41) is 1.85. The Morgan fingerprint density at radius 1 is 1.47 bits per heavy atom. The molecular weight excluding hydrogens is 241 g/mol. The van der Waals surface area contributed by atoms with Gasteiger partial charge in [0.2, 0.25) is 0 Å². The standard InChI is InChI=1S/C12H10FNO2S/c13-9-3-1-4-10-8(9)7-11(17-10)12(15)14-5-2-6-16-14/h1,3-4,7H,2,5-6H2. The molecule has 88 valence electrons. The van der Waals surface area contributed by atoms with Crippen LogP contribution in [0.2, 0.25) is 0 Å². The summed E-state index contributed by atoms with van der Waals surface area (Å²) in [6, 6.07) is 6.45. The normalized spacial score (nSPS) is 15.7. The third-order valence-electron chi connectivity index (χ3n) is 2.70. The van der Waals surface area contributed by atoms with Crippen molar-refractivity contribution in [3.8, 4) is 0 Å². The zero-order chi connectivity index (χ0) is 11.8. The second-order valence-corrected chi connectivity index (χ2v) is 4.94. The molecule has 0 bridgehead atoms. The SMILES string of the molecule is O=C(c1cc2c(F)cccc2s1)N1CCCO1.